The van der Waals surface area contributed by atoms with Crippen LogP contribution in [0.25, 0.3) is 0 Å². The molecule has 1 saturated carbocycles. The summed E-state index contributed by atoms with van der Waals surface area (Å²) >= 11 is 0. The Bertz CT molecular complexity index is 340. The summed E-state index contributed by atoms with van der Waals surface area (Å²) < 4.78 is 4.99. The Kier molecular flexibility index (Phi) is 7.16. The van der Waals surface area contributed by atoms with Gasteiger partial charge in [-0.25, -0.2) is 0 Å². The Hall–Kier alpha value is -0.610. The minimum atomic E-state index is -0.0436. The van der Waals surface area contributed by atoms with Crippen molar-refractivity contribution in [3.05, 3.63) is 0 Å². The molecular formula is C18H34N2O2. The smallest absolute Gasteiger partial charge is 0.310 e. The van der Waals surface area contributed by atoms with E-state index >= 15 is 0 Å². The number of methoxy groups -OCH3 is 1. The number of likely N-dealkylation sites (tertiary alicyclic amines) is 1. The zero-order valence-electron chi connectivity index (χ0n) is 14.6. The minimum Gasteiger partial charge on any atom is -0.469 e. The third kappa shape index (κ3) is 5.54. The fourth-order valence-electron chi connectivity index (χ4n) is 4.07. The van der Waals surface area contributed by atoms with Crippen molar-refractivity contribution >= 4 is 5.97 Å². The van der Waals surface area contributed by atoms with E-state index in [0.29, 0.717) is 12.0 Å². The SMILES string of the molecule is COC(=O)C1CC(NCC2CCCCC2)CN(CC(C)C)C1. The summed E-state index contributed by atoms with van der Waals surface area (Å²) in [5.41, 5.74) is 0. The van der Waals surface area contributed by atoms with Gasteiger partial charge in [-0.05, 0) is 37.6 Å². The van der Waals surface area contributed by atoms with Gasteiger partial charge in [-0.15, -0.1) is 0 Å². The summed E-state index contributed by atoms with van der Waals surface area (Å²) in [6, 6.07) is 0.429. The molecule has 4 heteroatoms. The molecular weight excluding hydrogens is 276 g/mol. The Morgan fingerprint density at radius 1 is 1.23 bits per heavy atom. The first-order valence-corrected chi connectivity index (χ1v) is 9.12. The summed E-state index contributed by atoms with van der Waals surface area (Å²) in [4.78, 5) is 14.4. The third-order valence-corrected chi connectivity index (χ3v) is 5.10. The molecule has 1 heterocycles. The lowest BCUT2D eigenvalue weighted by atomic mass is 9.88. The highest BCUT2D eigenvalue weighted by atomic mass is 16.5. The summed E-state index contributed by atoms with van der Waals surface area (Å²) in [6.07, 6.45) is 7.86. The van der Waals surface area contributed by atoms with E-state index in [1.54, 1.807) is 0 Å². The van der Waals surface area contributed by atoms with Crippen LogP contribution in [0.5, 0.6) is 0 Å². The summed E-state index contributed by atoms with van der Waals surface area (Å²) in [6.45, 7) is 8.59. The number of nitrogens with one attached hydrogen (secondary N) is 1. The van der Waals surface area contributed by atoms with Crippen molar-refractivity contribution in [3.63, 3.8) is 0 Å². The summed E-state index contributed by atoms with van der Waals surface area (Å²) in [7, 11) is 1.51. The number of nitrogens with zero attached hydrogens (tertiary/aromatic N) is 1. The zero-order valence-corrected chi connectivity index (χ0v) is 14.6. The fourth-order valence-corrected chi connectivity index (χ4v) is 4.07. The van der Waals surface area contributed by atoms with Crippen LogP contribution < -0.4 is 5.32 Å². The molecule has 2 aliphatic rings. The summed E-state index contributed by atoms with van der Waals surface area (Å²) in [5.74, 6) is 1.46. The molecule has 128 valence electrons. The van der Waals surface area contributed by atoms with Gasteiger partial charge in [0.15, 0.2) is 0 Å². The Labute approximate surface area is 136 Å². The molecule has 1 N–H and O–H groups in total. The molecule has 1 aliphatic carbocycles. The fraction of sp³-hybridized carbons (Fsp3) is 0.944. The standard InChI is InChI=1S/C18H34N2O2/c1-14(2)11-20-12-16(18(21)22-3)9-17(13-20)19-10-15-7-5-4-6-8-15/h14-17,19H,4-13H2,1-3H3. The second kappa shape index (κ2) is 8.88. The van der Waals surface area contributed by atoms with Crippen molar-refractivity contribution in [1.29, 1.82) is 0 Å². The zero-order chi connectivity index (χ0) is 15.9. The van der Waals surface area contributed by atoms with Crippen LogP contribution in [0.15, 0.2) is 0 Å². The highest BCUT2D eigenvalue weighted by Gasteiger charge is 2.32. The third-order valence-electron chi connectivity index (χ3n) is 5.10. The van der Waals surface area contributed by atoms with Crippen molar-refractivity contribution in [2.75, 3.05) is 33.3 Å². The van der Waals surface area contributed by atoms with Gasteiger partial charge in [0.05, 0.1) is 13.0 Å². The Balaban J connectivity index is 1.85. The molecule has 2 atom stereocenters. The number of carbonyl (C=O) groups is 1. The number of esters is 1. The number of hydrogen-bond acceptors (Lipinski definition) is 4. The van der Waals surface area contributed by atoms with Gasteiger partial charge in [-0.3, -0.25) is 4.79 Å². The van der Waals surface area contributed by atoms with E-state index in [9.17, 15) is 4.79 Å². The molecule has 1 aliphatic heterocycles. The van der Waals surface area contributed by atoms with E-state index in [1.807, 2.05) is 0 Å². The van der Waals surface area contributed by atoms with Crippen molar-refractivity contribution < 1.29 is 9.53 Å². The molecule has 0 aromatic rings. The van der Waals surface area contributed by atoms with Crippen molar-refractivity contribution in [1.82, 2.24) is 10.2 Å². The van der Waals surface area contributed by atoms with Gasteiger partial charge in [0.2, 0.25) is 0 Å². The van der Waals surface area contributed by atoms with Crippen LogP contribution >= 0.6 is 0 Å². The lowest BCUT2D eigenvalue weighted by Gasteiger charge is -2.38. The predicted molar refractivity (Wildman–Crippen MR) is 89.8 cm³/mol. The van der Waals surface area contributed by atoms with E-state index in [-0.39, 0.29) is 11.9 Å². The molecule has 2 rings (SSSR count). The molecule has 0 aromatic heterocycles. The van der Waals surface area contributed by atoms with Crippen LogP contribution in [-0.2, 0) is 9.53 Å². The van der Waals surface area contributed by atoms with Gasteiger partial charge < -0.3 is 15.0 Å². The van der Waals surface area contributed by atoms with E-state index in [1.165, 1.54) is 39.2 Å². The number of piperidine rings is 1. The largest absolute Gasteiger partial charge is 0.469 e. The van der Waals surface area contributed by atoms with Gasteiger partial charge in [0, 0.05) is 25.7 Å². The van der Waals surface area contributed by atoms with Crippen LogP contribution in [0.1, 0.15) is 52.4 Å². The number of rotatable bonds is 6. The first kappa shape index (κ1) is 17.7. The van der Waals surface area contributed by atoms with Gasteiger partial charge in [0.1, 0.15) is 0 Å². The number of carbonyl (C=O) groups excluding carboxylic acids is 1. The molecule has 22 heavy (non-hydrogen) atoms. The normalized spacial score (nSPS) is 28.0. The molecule has 2 fully saturated rings. The maximum Gasteiger partial charge on any atom is 0.310 e. The average molecular weight is 310 g/mol. The van der Waals surface area contributed by atoms with E-state index in [4.69, 9.17) is 4.74 Å². The van der Waals surface area contributed by atoms with Crippen LogP contribution in [0.3, 0.4) is 0 Å². The van der Waals surface area contributed by atoms with Crippen LogP contribution in [0.4, 0.5) is 0 Å². The van der Waals surface area contributed by atoms with Gasteiger partial charge in [0.25, 0.3) is 0 Å². The van der Waals surface area contributed by atoms with Crippen LogP contribution in [0, 0.1) is 17.8 Å². The predicted octanol–water partition coefficient (Wildman–Crippen LogP) is 2.68. The molecule has 0 bridgehead atoms. The number of hydrogen-bond donors (Lipinski definition) is 1. The van der Waals surface area contributed by atoms with E-state index in [0.717, 1.165) is 38.5 Å². The molecule has 1 saturated heterocycles. The quantitative estimate of drug-likeness (QED) is 0.766. The minimum absolute atomic E-state index is 0.0290. The van der Waals surface area contributed by atoms with Gasteiger partial charge in [-0.2, -0.15) is 0 Å². The van der Waals surface area contributed by atoms with Crippen molar-refractivity contribution in [2.45, 2.75) is 58.4 Å². The van der Waals surface area contributed by atoms with Gasteiger partial charge >= 0.3 is 5.97 Å². The Morgan fingerprint density at radius 2 is 1.95 bits per heavy atom. The summed E-state index contributed by atoms with van der Waals surface area (Å²) in [5, 5.41) is 3.75. The lowest BCUT2D eigenvalue weighted by Crippen LogP contribution is -2.52. The second-order valence-corrected chi connectivity index (χ2v) is 7.68. The van der Waals surface area contributed by atoms with Gasteiger partial charge in [-0.1, -0.05) is 33.1 Å². The molecule has 4 nitrogen and oxygen atoms in total. The first-order chi connectivity index (χ1) is 10.6. The molecule has 0 radical (unpaired) electrons. The molecule has 0 aromatic carbocycles. The second-order valence-electron chi connectivity index (χ2n) is 7.68. The van der Waals surface area contributed by atoms with Crippen molar-refractivity contribution in [3.8, 4) is 0 Å². The topological polar surface area (TPSA) is 41.6 Å². The molecule has 2 unspecified atom stereocenters. The maximum atomic E-state index is 12.0. The highest BCUT2D eigenvalue weighted by molar-refractivity contribution is 5.72. The average Bonchev–Trinajstić information content (AvgIpc) is 2.52. The maximum absolute atomic E-state index is 12.0. The van der Waals surface area contributed by atoms with E-state index in [2.05, 4.69) is 24.1 Å². The first-order valence-electron chi connectivity index (χ1n) is 9.12. The van der Waals surface area contributed by atoms with Crippen molar-refractivity contribution in [2.24, 2.45) is 17.8 Å². The van der Waals surface area contributed by atoms with Crippen LogP contribution in [0.2, 0.25) is 0 Å². The molecule has 0 spiro atoms. The number of ether oxygens (including phenoxy) is 1. The highest BCUT2D eigenvalue weighted by Crippen LogP contribution is 2.24. The lowest BCUT2D eigenvalue weighted by molar-refractivity contribution is -0.147. The Morgan fingerprint density at radius 3 is 2.59 bits per heavy atom. The monoisotopic (exact) mass is 310 g/mol. The van der Waals surface area contributed by atoms with Crippen LogP contribution in [-0.4, -0.2) is 50.2 Å². The van der Waals surface area contributed by atoms with E-state index < -0.39 is 0 Å². The molecule has 0 amide bonds.